The van der Waals surface area contributed by atoms with Crippen molar-refractivity contribution < 1.29 is 19.2 Å². The number of hydrogen-bond acceptors (Lipinski definition) is 4. The molecule has 0 radical (unpaired) electrons. The van der Waals surface area contributed by atoms with E-state index in [2.05, 4.69) is 12.1 Å². The first-order valence-corrected chi connectivity index (χ1v) is 16.1. The molecule has 0 N–H and O–H groups in total. The first kappa shape index (κ1) is 27.0. The lowest BCUT2D eigenvalue weighted by atomic mass is 9.83. The fourth-order valence-electron chi connectivity index (χ4n) is 8.05. The fourth-order valence-corrected chi connectivity index (χ4v) is 8.05. The molecular weight excluding hydrogens is 548 g/mol. The smallest absolute Gasteiger partial charge is 0.265 e. The second-order valence-electron chi connectivity index (χ2n) is 12.8. The molecule has 0 bridgehead atoms. The van der Waals surface area contributed by atoms with Crippen molar-refractivity contribution in [3.63, 3.8) is 0 Å². The Labute approximate surface area is 256 Å². The molecule has 0 spiro atoms. The number of carbonyl (C=O) groups excluding carboxylic acids is 4. The minimum atomic E-state index is -0.436. The van der Waals surface area contributed by atoms with Gasteiger partial charge in [-0.15, -0.1) is 0 Å². The van der Waals surface area contributed by atoms with Crippen LogP contribution in [0.4, 0.5) is 11.4 Å². The molecule has 0 unspecified atom stereocenters. The lowest BCUT2D eigenvalue weighted by Gasteiger charge is -2.32. The molecule has 4 aliphatic rings. The minimum absolute atomic E-state index is 0.330. The van der Waals surface area contributed by atoms with E-state index in [9.17, 15) is 19.2 Å². The normalized spacial score (nSPS) is 19.3. The molecule has 0 aromatic heterocycles. The highest BCUT2D eigenvalue weighted by Crippen LogP contribution is 2.42. The second-order valence-corrected chi connectivity index (χ2v) is 12.8. The Morgan fingerprint density at radius 1 is 0.432 bits per heavy atom. The Hall–Kier alpha value is -4.58. The Balaban J connectivity index is 1.18. The maximum absolute atomic E-state index is 14.0. The summed E-state index contributed by atoms with van der Waals surface area (Å²) >= 11 is 0. The van der Waals surface area contributed by atoms with Crippen molar-refractivity contribution in [3.05, 3.63) is 106 Å². The summed E-state index contributed by atoms with van der Waals surface area (Å²) in [6.07, 6.45) is 11.7. The molecule has 4 aromatic rings. The second kappa shape index (κ2) is 10.5. The van der Waals surface area contributed by atoms with Crippen molar-refractivity contribution >= 4 is 45.8 Å². The van der Waals surface area contributed by atoms with E-state index in [1.807, 2.05) is 36.4 Å². The number of anilines is 2. The van der Waals surface area contributed by atoms with Crippen LogP contribution < -0.4 is 9.80 Å². The van der Waals surface area contributed by atoms with Gasteiger partial charge in [0.15, 0.2) is 0 Å². The minimum Gasteiger partial charge on any atom is -0.268 e. The lowest BCUT2D eigenvalue weighted by Crippen LogP contribution is -2.43. The number of amides is 4. The van der Waals surface area contributed by atoms with E-state index >= 15 is 0 Å². The predicted molar refractivity (Wildman–Crippen MR) is 171 cm³/mol. The van der Waals surface area contributed by atoms with Gasteiger partial charge in [0.2, 0.25) is 0 Å². The highest BCUT2D eigenvalue weighted by atomic mass is 16.2. The van der Waals surface area contributed by atoms with E-state index in [1.54, 1.807) is 24.3 Å². The van der Waals surface area contributed by atoms with Gasteiger partial charge in [-0.05, 0) is 97.2 Å². The van der Waals surface area contributed by atoms with Crippen molar-refractivity contribution in [2.45, 2.75) is 76.0 Å². The van der Waals surface area contributed by atoms with Gasteiger partial charge in [0.05, 0.1) is 11.4 Å². The van der Waals surface area contributed by atoms with Crippen LogP contribution in [0.15, 0.2) is 72.8 Å². The average Bonchev–Trinajstić information content (AvgIpc) is 3.07. The van der Waals surface area contributed by atoms with Crippen molar-refractivity contribution in [1.29, 1.82) is 0 Å². The third-order valence-electron chi connectivity index (χ3n) is 10.3. The number of imide groups is 2. The van der Waals surface area contributed by atoms with Gasteiger partial charge in [-0.1, -0.05) is 62.8 Å². The van der Waals surface area contributed by atoms with Crippen molar-refractivity contribution in [1.82, 2.24) is 0 Å². The topological polar surface area (TPSA) is 74.8 Å². The maximum atomic E-state index is 14.0. The Bertz CT molecular complexity index is 1670. The molecule has 4 amide bonds. The van der Waals surface area contributed by atoms with E-state index in [4.69, 9.17) is 0 Å². The monoisotopic (exact) mass is 582 g/mol. The summed E-state index contributed by atoms with van der Waals surface area (Å²) in [7, 11) is 0. The van der Waals surface area contributed by atoms with Gasteiger partial charge in [-0.2, -0.15) is 0 Å². The standard InChI is InChI=1S/C38H34N2O4/c41-35-29-17-19-31-34-32(38(44)40(37(31)43)28-16-8-14-26(22-28)24-11-5-2-6-12-24)20-18-30(33(29)34)36(42)39(35)27-15-7-13-25(21-27)23-9-3-1-4-10-23/h7-8,13-24H,1-6,9-12H2. The molecule has 220 valence electrons. The number of benzene rings is 4. The fraction of sp³-hybridized carbons (Fsp3) is 0.316. The van der Waals surface area contributed by atoms with Crippen LogP contribution in [0.25, 0.3) is 10.8 Å². The molecule has 6 nitrogen and oxygen atoms in total. The van der Waals surface area contributed by atoms with Crippen molar-refractivity contribution in [2.75, 3.05) is 9.80 Å². The summed E-state index contributed by atoms with van der Waals surface area (Å²) in [5, 5.41) is 0.791. The quantitative estimate of drug-likeness (QED) is 0.226. The van der Waals surface area contributed by atoms with E-state index in [0.29, 0.717) is 56.2 Å². The van der Waals surface area contributed by atoms with Gasteiger partial charge in [0.25, 0.3) is 23.6 Å². The summed E-state index contributed by atoms with van der Waals surface area (Å²) < 4.78 is 0. The molecule has 2 aliphatic heterocycles. The van der Waals surface area contributed by atoms with Crippen LogP contribution in [0.2, 0.25) is 0 Å². The molecule has 0 saturated heterocycles. The zero-order valence-electron chi connectivity index (χ0n) is 24.7. The summed E-state index contributed by atoms with van der Waals surface area (Å²) in [6, 6.07) is 22.2. The Morgan fingerprint density at radius 2 is 0.773 bits per heavy atom. The molecule has 2 saturated carbocycles. The first-order valence-electron chi connectivity index (χ1n) is 16.1. The van der Waals surface area contributed by atoms with Crippen LogP contribution in [0, 0.1) is 0 Å². The zero-order chi connectivity index (χ0) is 29.9. The molecule has 2 heterocycles. The molecule has 4 aromatic carbocycles. The van der Waals surface area contributed by atoms with Crippen LogP contribution in [0.5, 0.6) is 0 Å². The van der Waals surface area contributed by atoms with Gasteiger partial charge < -0.3 is 0 Å². The van der Waals surface area contributed by atoms with Gasteiger partial charge in [0, 0.05) is 33.0 Å². The SMILES string of the molecule is O=C1c2ccc3c4c(ccc(c24)C(=O)N1c1cccc(C2CCCCC2)c1)C(=O)N(c1cccc(C2CCCCC2)c1)C3=O. The summed E-state index contributed by atoms with van der Waals surface area (Å²) in [5.74, 6) is -0.880. The maximum Gasteiger partial charge on any atom is 0.265 e. The van der Waals surface area contributed by atoms with Crippen LogP contribution in [-0.2, 0) is 0 Å². The third-order valence-corrected chi connectivity index (χ3v) is 10.3. The van der Waals surface area contributed by atoms with Crippen molar-refractivity contribution in [3.8, 4) is 0 Å². The molecule has 8 rings (SSSR count). The third kappa shape index (κ3) is 4.15. The molecule has 2 fully saturated rings. The Morgan fingerprint density at radius 3 is 1.11 bits per heavy atom. The lowest BCUT2D eigenvalue weighted by molar-refractivity contribution is 0.0873. The zero-order valence-corrected chi connectivity index (χ0v) is 24.7. The van der Waals surface area contributed by atoms with Gasteiger partial charge in [0.1, 0.15) is 0 Å². The summed E-state index contributed by atoms with van der Waals surface area (Å²) in [5.41, 5.74) is 4.74. The van der Waals surface area contributed by atoms with E-state index in [0.717, 1.165) is 36.8 Å². The summed E-state index contributed by atoms with van der Waals surface area (Å²) in [4.78, 5) is 58.5. The molecule has 0 atom stereocenters. The van der Waals surface area contributed by atoms with E-state index < -0.39 is 23.6 Å². The molecule has 6 heteroatoms. The number of nitrogens with zero attached hydrogens (tertiary/aromatic N) is 2. The van der Waals surface area contributed by atoms with Crippen LogP contribution >= 0.6 is 0 Å². The first-order chi connectivity index (χ1) is 21.5. The molecule has 44 heavy (non-hydrogen) atoms. The number of carbonyl (C=O) groups is 4. The molecule has 2 aliphatic carbocycles. The van der Waals surface area contributed by atoms with Crippen LogP contribution in [0.3, 0.4) is 0 Å². The van der Waals surface area contributed by atoms with Crippen molar-refractivity contribution in [2.24, 2.45) is 0 Å². The number of hydrogen-bond donors (Lipinski definition) is 0. The van der Waals surface area contributed by atoms with E-state index in [-0.39, 0.29) is 0 Å². The van der Waals surface area contributed by atoms with Crippen LogP contribution in [-0.4, -0.2) is 23.6 Å². The van der Waals surface area contributed by atoms with Crippen LogP contribution in [0.1, 0.15) is 129 Å². The van der Waals surface area contributed by atoms with Gasteiger partial charge in [-0.25, -0.2) is 9.80 Å². The largest absolute Gasteiger partial charge is 0.268 e. The average molecular weight is 583 g/mol. The highest BCUT2D eigenvalue weighted by molar-refractivity contribution is 6.42. The van der Waals surface area contributed by atoms with E-state index in [1.165, 1.54) is 48.3 Å². The van der Waals surface area contributed by atoms with Gasteiger partial charge in [-0.3, -0.25) is 19.2 Å². The highest BCUT2D eigenvalue weighted by Gasteiger charge is 2.41. The van der Waals surface area contributed by atoms with Gasteiger partial charge >= 0.3 is 0 Å². The predicted octanol–water partition coefficient (Wildman–Crippen LogP) is 8.54. The Kier molecular flexibility index (Phi) is 6.47. The molecular formula is C38H34N2O4. The number of rotatable bonds is 4. The summed E-state index contributed by atoms with van der Waals surface area (Å²) in [6.45, 7) is 0.